The van der Waals surface area contributed by atoms with E-state index in [0.29, 0.717) is 37.7 Å². The molecule has 0 aromatic carbocycles. The fraction of sp³-hybridized carbons (Fsp3) is 0.455. The number of halogens is 1. The number of pyridine rings is 1. The normalized spacial score (nSPS) is 10.3. The first-order valence-corrected chi connectivity index (χ1v) is 6.04. The number of ether oxygens (including phenoxy) is 2. The van der Waals surface area contributed by atoms with Crippen LogP contribution in [0.15, 0.2) is 12.3 Å². The fourth-order valence-corrected chi connectivity index (χ4v) is 1.47. The molecule has 0 fully saturated rings. The molecule has 0 aliphatic heterocycles. The molecule has 0 saturated carbocycles. The number of anilines is 1. The summed E-state index contributed by atoms with van der Waals surface area (Å²) in [6.45, 7) is 1.84. The van der Waals surface area contributed by atoms with Crippen molar-refractivity contribution in [3.63, 3.8) is 0 Å². The molecule has 1 rings (SSSR count). The van der Waals surface area contributed by atoms with E-state index in [1.54, 1.807) is 7.11 Å². The third-order valence-corrected chi connectivity index (χ3v) is 2.49. The van der Waals surface area contributed by atoms with Crippen LogP contribution in [0.3, 0.4) is 0 Å². The molecule has 0 atom stereocenters. The number of hydrogen-bond acceptors (Lipinski definition) is 6. The molecule has 106 valence electrons. The number of amides is 1. The van der Waals surface area contributed by atoms with Crippen molar-refractivity contribution >= 4 is 23.3 Å². The SMILES string of the molecule is COCCOCCNC(=O)c1cnc(NN)c(Cl)c1. The Labute approximate surface area is 116 Å². The predicted molar refractivity (Wildman–Crippen MR) is 72.1 cm³/mol. The number of rotatable bonds is 8. The second-order valence-electron chi connectivity index (χ2n) is 3.56. The summed E-state index contributed by atoms with van der Waals surface area (Å²) >= 11 is 5.87. The van der Waals surface area contributed by atoms with Gasteiger partial charge in [0.2, 0.25) is 0 Å². The average molecular weight is 289 g/mol. The Kier molecular flexibility index (Phi) is 7.12. The van der Waals surface area contributed by atoms with Crippen LogP contribution in [-0.2, 0) is 9.47 Å². The van der Waals surface area contributed by atoms with Crippen molar-refractivity contribution in [2.24, 2.45) is 5.84 Å². The maximum atomic E-state index is 11.7. The highest BCUT2D eigenvalue weighted by Gasteiger charge is 2.08. The zero-order valence-electron chi connectivity index (χ0n) is 10.6. The lowest BCUT2D eigenvalue weighted by molar-refractivity contribution is 0.0692. The number of hydrogen-bond donors (Lipinski definition) is 3. The van der Waals surface area contributed by atoms with Gasteiger partial charge in [0.25, 0.3) is 5.91 Å². The molecule has 0 bridgehead atoms. The highest BCUT2D eigenvalue weighted by Crippen LogP contribution is 2.18. The molecule has 4 N–H and O–H groups in total. The molecule has 7 nitrogen and oxygen atoms in total. The Balaban J connectivity index is 2.35. The van der Waals surface area contributed by atoms with E-state index in [1.807, 2.05) is 0 Å². The Morgan fingerprint density at radius 3 is 2.89 bits per heavy atom. The first-order chi connectivity index (χ1) is 9.19. The Hall–Kier alpha value is -1.41. The molecular formula is C11H17ClN4O3. The highest BCUT2D eigenvalue weighted by atomic mass is 35.5. The van der Waals surface area contributed by atoms with Gasteiger partial charge < -0.3 is 20.2 Å². The number of carbonyl (C=O) groups is 1. The van der Waals surface area contributed by atoms with Gasteiger partial charge in [0.15, 0.2) is 5.82 Å². The van der Waals surface area contributed by atoms with Crippen molar-refractivity contribution < 1.29 is 14.3 Å². The van der Waals surface area contributed by atoms with Crippen LogP contribution in [0.1, 0.15) is 10.4 Å². The van der Waals surface area contributed by atoms with Gasteiger partial charge >= 0.3 is 0 Å². The number of nitrogens with one attached hydrogen (secondary N) is 2. The molecule has 1 amide bonds. The van der Waals surface area contributed by atoms with Crippen molar-refractivity contribution in [3.05, 3.63) is 22.8 Å². The molecular weight excluding hydrogens is 272 g/mol. The van der Waals surface area contributed by atoms with Gasteiger partial charge in [-0.2, -0.15) is 0 Å². The monoisotopic (exact) mass is 288 g/mol. The molecule has 0 unspecified atom stereocenters. The molecule has 1 aromatic rings. The minimum absolute atomic E-state index is 0.270. The van der Waals surface area contributed by atoms with Gasteiger partial charge in [-0.25, -0.2) is 10.8 Å². The lowest BCUT2D eigenvalue weighted by Gasteiger charge is -2.07. The first kappa shape index (κ1) is 15.6. The minimum Gasteiger partial charge on any atom is -0.382 e. The molecule has 0 aliphatic carbocycles. The quantitative estimate of drug-likeness (QED) is 0.364. The second-order valence-corrected chi connectivity index (χ2v) is 3.97. The molecule has 19 heavy (non-hydrogen) atoms. The van der Waals surface area contributed by atoms with E-state index >= 15 is 0 Å². The summed E-state index contributed by atoms with van der Waals surface area (Å²) in [6, 6.07) is 1.49. The van der Waals surface area contributed by atoms with Crippen LogP contribution in [0.5, 0.6) is 0 Å². The van der Waals surface area contributed by atoms with Gasteiger partial charge in [0.05, 0.1) is 30.4 Å². The van der Waals surface area contributed by atoms with Gasteiger partial charge in [-0.3, -0.25) is 4.79 Å². The van der Waals surface area contributed by atoms with E-state index in [9.17, 15) is 4.79 Å². The van der Waals surface area contributed by atoms with E-state index in [4.69, 9.17) is 26.9 Å². The first-order valence-electron chi connectivity index (χ1n) is 5.66. The number of hydrazine groups is 1. The van der Waals surface area contributed by atoms with Crippen molar-refractivity contribution in [3.8, 4) is 0 Å². The lowest BCUT2D eigenvalue weighted by Crippen LogP contribution is -2.27. The molecule has 0 spiro atoms. The van der Waals surface area contributed by atoms with E-state index in [2.05, 4.69) is 15.7 Å². The van der Waals surface area contributed by atoms with Gasteiger partial charge in [-0.1, -0.05) is 11.6 Å². The van der Waals surface area contributed by atoms with E-state index < -0.39 is 0 Å². The minimum atomic E-state index is -0.270. The maximum absolute atomic E-state index is 11.7. The lowest BCUT2D eigenvalue weighted by atomic mass is 10.2. The van der Waals surface area contributed by atoms with Crippen molar-refractivity contribution in [1.29, 1.82) is 0 Å². The van der Waals surface area contributed by atoms with Gasteiger partial charge in [0, 0.05) is 19.9 Å². The van der Waals surface area contributed by atoms with E-state index in [1.165, 1.54) is 12.3 Å². The smallest absolute Gasteiger partial charge is 0.252 e. The summed E-state index contributed by atoms with van der Waals surface area (Å²) in [5.41, 5.74) is 2.69. The molecule has 8 heteroatoms. The van der Waals surface area contributed by atoms with Crippen molar-refractivity contribution in [1.82, 2.24) is 10.3 Å². The number of carbonyl (C=O) groups excluding carboxylic acids is 1. The Morgan fingerprint density at radius 2 is 2.26 bits per heavy atom. The zero-order chi connectivity index (χ0) is 14.1. The standard InChI is InChI=1S/C11H17ClN4O3/c1-18-4-5-19-3-2-14-11(17)8-6-9(12)10(16-13)15-7-8/h6-7H,2-5,13H2,1H3,(H,14,17)(H,15,16). The third kappa shape index (κ3) is 5.39. The van der Waals surface area contributed by atoms with Crippen LogP contribution < -0.4 is 16.6 Å². The van der Waals surface area contributed by atoms with Crippen LogP contribution >= 0.6 is 11.6 Å². The van der Waals surface area contributed by atoms with Crippen LogP contribution in [0.2, 0.25) is 5.02 Å². The number of nitrogens with two attached hydrogens (primary N) is 1. The molecule has 1 aromatic heterocycles. The summed E-state index contributed by atoms with van der Waals surface area (Å²) in [5, 5.41) is 2.97. The summed E-state index contributed by atoms with van der Waals surface area (Å²) in [5.74, 6) is 5.24. The van der Waals surface area contributed by atoms with Crippen LogP contribution in [0.4, 0.5) is 5.82 Å². The van der Waals surface area contributed by atoms with E-state index in [-0.39, 0.29) is 10.9 Å². The van der Waals surface area contributed by atoms with Crippen LogP contribution in [-0.4, -0.2) is 44.4 Å². The number of nitrogens with zero attached hydrogens (tertiary/aromatic N) is 1. The van der Waals surface area contributed by atoms with Crippen molar-refractivity contribution in [2.45, 2.75) is 0 Å². The number of aromatic nitrogens is 1. The molecule has 1 heterocycles. The topological polar surface area (TPSA) is 98.5 Å². The van der Waals surface area contributed by atoms with E-state index in [0.717, 1.165) is 0 Å². The third-order valence-electron chi connectivity index (χ3n) is 2.20. The van der Waals surface area contributed by atoms with Gasteiger partial charge in [-0.05, 0) is 6.07 Å². The van der Waals surface area contributed by atoms with Crippen LogP contribution in [0, 0.1) is 0 Å². The molecule has 0 saturated heterocycles. The Bertz CT molecular complexity index is 417. The summed E-state index contributed by atoms with van der Waals surface area (Å²) in [6.07, 6.45) is 1.39. The fourth-order valence-electron chi connectivity index (χ4n) is 1.25. The van der Waals surface area contributed by atoms with Gasteiger partial charge in [-0.15, -0.1) is 0 Å². The number of methoxy groups -OCH3 is 1. The number of nitrogen functional groups attached to an aromatic ring is 1. The maximum Gasteiger partial charge on any atom is 0.252 e. The Morgan fingerprint density at radius 1 is 1.47 bits per heavy atom. The largest absolute Gasteiger partial charge is 0.382 e. The zero-order valence-corrected chi connectivity index (χ0v) is 11.4. The highest BCUT2D eigenvalue weighted by molar-refractivity contribution is 6.33. The summed E-state index contributed by atoms with van der Waals surface area (Å²) in [7, 11) is 1.60. The summed E-state index contributed by atoms with van der Waals surface area (Å²) < 4.78 is 10.0. The van der Waals surface area contributed by atoms with Gasteiger partial charge in [0.1, 0.15) is 0 Å². The second kappa shape index (κ2) is 8.65. The molecule has 0 radical (unpaired) electrons. The average Bonchev–Trinajstić information content (AvgIpc) is 2.42. The molecule has 0 aliphatic rings. The predicted octanol–water partition coefficient (Wildman–Crippen LogP) is 0.413. The summed E-state index contributed by atoms with van der Waals surface area (Å²) in [4.78, 5) is 15.7. The van der Waals surface area contributed by atoms with Crippen LogP contribution in [0.25, 0.3) is 0 Å². The van der Waals surface area contributed by atoms with Crippen molar-refractivity contribution in [2.75, 3.05) is 38.9 Å².